The summed E-state index contributed by atoms with van der Waals surface area (Å²) >= 11 is 0. The summed E-state index contributed by atoms with van der Waals surface area (Å²) in [4.78, 5) is 0. The zero-order valence-electron chi connectivity index (χ0n) is 8.23. The molecule has 3 nitrogen and oxygen atoms in total. The fourth-order valence-electron chi connectivity index (χ4n) is 1.22. The molecule has 0 aliphatic carbocycles. The molecule has 0 amide bonds. The van der Waals surface area contributed by atoms with Crippen molar-refractivity contribution in [2.45, 2.75) is 19.8 Å². The molecule has 0 unspecified atom stereocenters. The highest BCUT2D eigenvalue weighted by atomic mass is 16.4. The largest absolute Gasteiger partial charge is 0.488 e. The maximum atomic E-state index is 9.00. The number of nitrogens with zero attached hydrogens (tertiary/aromatic N) is 1. The predicted molar refractivity (Wildman–Crippen MR) is 55.1 cm³/mol. The molecule has 0 atom stereocenters. The van der Waals surface area contributed by atoms with E-state index in [-0.39, 0.29) is 5.92 Å². The van der Waals surface area contributed by atoms with Crippen molar-refractivity contribution in [1.82, 2.24) is 0 Å². The topological polar surface area (TPSA) is 64.2 Å². The number of benzene rings is 1. The fraction of sp³-hybridized carbons (Fsp3) is 0.300. The van der Waals surface area contributed by atoms with Crippen LogP contribution < -0.4 is 5.46 Å². The summed E-state index contributed by atoms with van der Waals surface area (Å²) in [6, 6.07) is 6.94. The Balaban J connectivity index is 3.22. The van der Waals surface area contributed by atoms with E-state index in [4.69, 9.17) is 15.3 Å². The lowest BCUT2D eigenvalue weighted by molar-refractivity contribution is 0.425. The van der Waals surface area contributed by atoms with Crippen LogP contribution in [0.4, 0.5) is 0 Å². The Kier molecular flexibility index (Phi) is 3.29. The SMILES string of the molecule is CC(C)c1cc(C#N)cc(B(O)O)c1. The zero-order valence-corrected chi connectivity index (χ0v) is 8.23. The lowest BCUT2D eigenvalue weighted by Crippen LogP contribution is -2.30. The molecule has 0 aromatic heterocycles. The minimum absolute atomic E-state index is 0.265. The number of rotatable bonds is 2. The third kappa shape index (κ3) is 2.35. The molecule has 0 saturated heterocycles. The molecule has 1 aromatic carbocycles. The fourth-order valence-corrected chi connectivity index (χ4v) is 1.22. The van der Waals surface area contributed by atoms with E-state index in [0.29, 0.717) is 11.0 Å². The average molecular weight is 189 g/mol. The monoisotopic (exact) mass is 189 g/mol. The standard InChI is InChI=1S/C10H12BNO2/c1-7(2)9-3-8(6-12)4-10(5-9)11(13)14/h3-5,7,13-14H,1-2H3. The summed E-state index contributed by atoms with van der Waals surface area (Å²) in [5.41, 5.74) is 1.76. The Morgan fingerprint density at radius 2 is 1.93 bits per heavy atom. The van der Waals surface area contributed by atoms with Gasteiger partial charge in [-0.05, 0) is 29.1 Å². The van der Waals surface area contributed by atoms with Gasteiger partial charge in [0.15, 0.2) is 0 Å². The van der Waals surface area contributed by atoms with Gasteiger partial charge in [-0.1, -0.05) is 19.9 Å². The smallest absolute Gasteiger partial charge is 0.423 e. The molecule has 72 valence electrons. The molecule has 2 N–H and O–H groups in total. The van der Waals surface area contributed by atoms with Crippen molar-refractivity contribution in [3.8, 4) is 6.07 Å². The Labute approximate surface area is 83.8 Å². The number of hydrogen-bond acceptors (Lipinski definition) is 3. The van der Waals surface area contributed by atoms with Gasteiger partial charge in [-0.15, -0.1) is 0 Å². The Hall–Kier alpha value is -1.31. The van der Waals surface area contributed by atoms with Gasteiger partial charge in [-0.3, -0.25) is 0 Å². The first kappa shape index (κ1) is 10.8. The Bertz CT molecular complexity index is 343. The third-order valence-electron chi connectivity index (χ3n) is 2.07. The maximum Gasteiger partial charge on any atom is 0.488 e. The van der Waals surface area contributed by atoms with Gasteiger partial charge in [0.1, 0.15) is 0 Å². The molecule has 0 spiro atoms. The molecule has 0 fully saturated rings. The first-order valence-corrected chi connectivity index (χ1v) is 4.45. The van der Waals surface area contributed by atoms with Crippen LogP contribution in [0.15, 0.2) is 18.2 Å². The Morgan fingerprint density at radius 1 is 1.29 bits per heavy atom. The summed E-state index contributed by atoms with van der Waals surface area (Å²) in [5.74, 6) is 0.265. The minimum atomic E-state index is -1.51. The normalized spacial score (nSPS) is 10.0. The van der Waals surface area contributed by atoms with Crippen LogP contribution in [0.3, 0.4) is 0 Å². The van der Waals surface area contributed by atoms with Crippen LogP contribution in [-0.4, -0.2) is 17.2 Å². The van der Waals surface area contributed by atoms with E-state index in [1.807, 2.05) is 19.9 Å². The van der Waals surface area contributed by atoms with Crippen LogP contribution >= 0.6 is 0 Å². The van der Waals surface area contributed by atoms with Crippen molar-refractivity contribution in [1.29, 1.82) is 5.26 Å². The third-order valence-corrected chi connectivity index (χ3v) is 2.07. The van der Waals surface area contributed by atoms with Gasteiger partial charge in [-0.2, -0.15) is 5.26 Å². The molecule has 0 saturated carbocycles. The van der Waals surface area contributed by atoms with Gasteiger partial charge < -0.3 is 10.0 Å². The molecule has 14 heavy (non-hydrogen) atoms. The van der Waals surface area contributed by atoms with Crippen LogP contribution in [0, 0.1) is 11.3 Å². The second-order valence-corrected chi connectivity index (χ2v) is 3.53. The minimum Gasteiger partial charge on any atom is -0.423 e. The van der Waals surface area contributed by atoms with Gasteiger partial charge in [0, 0.05) is 0 Å². The van der Waals surface area contributed by atoms with E-state index in [1.165, 1.54) is 6.07 Å². The summed E-state index contributed by atoms with van der Waals surface area (Å²) < 4.78 is 0. The van der Waals surface area contributed by atoms with Crippen LogP contribution in [0.2, 0.25) is 0 Å². The van der Waals surface area contributed by atoms with Gasteiger partial charge in [0.25, 0.3) is 0 Å². The molecule has 4 heteroatoms. The zero-order chi connectivity index (χ0) is 10.7. The summed E-state index contributed by atoms with van der Waals surface area (Å²) in [7, 11) is -1.51. The predicted octanol–water partition coefficient (Wildman–Crippen LogP) is 0.361. The lowest BCUT2D eigenvalue weighted by Gasteiger charge is -2.08. The molecular formula is C10H12BNO2. The van der Waals surface area contributed by atoms with Crippen molar-refractivity contribution >= 4 is 12.6 Å². The molecule has 1 aromatic rings. The highest BCUT2D eigenvalue weighted by Gasteiger charge is 2.13. The quantitative estimate of drug-likeness (QED) is 0.660. The molecule has 0 bridgehead atoms. The second kappa shape index (κ2) is 4.27. The van der Waals surface area contributed by atoms with E-state index in [2.05, 4.69) is 0 Å². The molecular weight excluding hydrogens is 177 g/mol. The van der Waals surface area contributed by atoms with Crippen LogP contribution in [-0.2, 0) is 0 Å². The average Bonchev–Trinajstić information content (AvgIpc) is 2.16. The highest BCUT2D eigenvalue weighted by Crippen LogP contribution is 2.14. The van der Waals surface area contributed by atoms with Crippen molar-refractivity contribution in [2.24, 2.45) is 0 Å². The van der Waals surface area contributed by atoms with Crippen molar-refractivity contribution in [3.63, 3.8) is 0 Å². The van der Waals surface area contributed by atoms with Crippen molar-refractivity contribution in [3.05, 3.63) is 29.3 Å². The van der Waals surface area contributed by atoms with E-state index < -0.39 is 7.12 Å². The summed E-state index contributed by atoms with van der Waals surface area (Å²) in [5, 5.41) is 26.7. The second-order valence-electron chi connectivity index (χ2n) is 3.53. The van der Waals surface area contributed by atoms with Crippen molar-refractivity contribution < 1.29 is 10.0 Å². The summed E-state index contributed by atoms with van der Waals surface area (Å²) in [6.07, 6.45) is 0. The van der Waals surface area contributed by atoms with Gasteiger partial charge >= 0.3 is 7.12 Å². The van der Waals surface area contributed by atoms with E-state index in [9.17, 15) is 0 Å². The van der Waals surface area contributed by atoms with Gasteiger partial charge in [-0.25, -0.2) is 0 Å². The molecule has 0 heterocycles. The van der Waals surface area contributed by atoms with Crippen LogP contribution in [0.5, 0.6) is 0 Å². The van der Waals surface area contributed by atoms with Gasteiger partial charge in [0.2, 0.25) is 0 Å². The molecule has 0 aliphatic rings. The molecule has 1 rings (SSSR count). The first-order valence-electron chi connectivity index (χ1n) is 4.45. The number of hydrogen-bond donors (Lipinski definition) is 2. The number of nitriles is 1. The Morgan fingerprint density at radius 3 is 2.36 bits per heavy atom. The highest BCUT2D eigenvalue weighted by molar-refractivity contribution is 6.58. The lowest BCUT2D eigenvalue weighted by atomic mass is 9.78. The van der Waals surface area contributed by atoms with Crippen LogP contribution in [0.1, 0.15) is 30.9 Å². The molecule has 0 aliphatic heterocycles. The van der Waals surface area contributed by atoms with Crippen molar-refractivity contribution in [2.75, 3.05) is 0 Å². The first-order chi connectivity index (χ1) is 6.54. The van der Waals surface area contributed by atoms with E-state index in [0.717, 1.165) is 5.56 Å². The molecule has 0 radical (unpaired) electrons. The maximum absolute atomic E-state index is 9.00. The van der Waals surface area contributed by atoms with E-state index in [1.54, 1.807) is 12.1 Å². The van der Waals surface area contributed by atoms with Crippen LogP contribution in [0.25, 0.3) is 0 Å². The summed E-state index contributed by atoms with van der Waals surface area (Å²) in [6.45, 7) is 3.98. The van der Waals surface area contributed by atoms with Gasteiger partial charge in [0.05, 0.1) is 11.6 Å². The van der Waals surface area contributed by atoms with E-state index >= 15 is 0 Å².